The molecule has 1 aromatic rings. The summed E-state index contributed by atoms with van der Waals surface area (Å²) in [5.41, 5.74) is 0.442. The molecule has 5 nitrogen and oxygen atoms in total. The van der Waals surface area contributed by atoms with Gasteiger partial charge >= 0.3 is 5.97 Å². The van der Waals surface area contributed by atoms with E-state index in [1.807, 2.05) is 0 Å². The van der Waals surface area contributed by atoms with Crippen LogP contribution in [0.15, 0.2) is 18.3 Å². The topological polar surface area (TPSA) is 68.3 Å². The third-order valence-corrected chi connectivity index (χ3v) is 3.05. The number of aromatic nitrogens is 1. The maximum atomic E-state index is 11.4. The van der Waals surface area contributed by atoms with Crippen molar-refractivity contribution in [1.82, 2.24) is 4.98 Å². The number of rotatable bonds is 7. The quantitative estimate of drug-likeness (QED) is 0.600. The molecule has 1 rings (SSSR count). The van der Waals surface area contributed by atoms with E-state index in [1.54, 1.807) is 25.3 Å². The van der Waals surface area contributed by atoms with Gasteiger partial charge in [0.25, 0.3) is 0 Å². The third kappa shape index (κ3) is 5.27. The van der Waals surface area contributed by atoms with Crippen LogP contribution in [0.5, 0.6) is 0 Å². The highest BCUT2D eigenvalue weighted by atomic mass is 32.2. The minimum absolute atomic E-state index is 0.354. The molecule has 0 amide bonds. The molecule has 0 fully saturated rings. The normalized spacial score (nSPS) is 11.9. The fraction of sp³-hybridized carbons (Fsp3) is 0.500. The Morgan fingerprint density at radius 3 is 2.83 bits per heavy atom. The molecule has 1 heterocycles. The van der Waals surface area contributed by atoms with Crippen molar-refractivity contribution >= 4 is 22.6 Å². The van der Waals surface area contributed by atoms with Crippen LogP contribution in [-0.4, -0.2) is 40.3 Å². The molecule has 18 heavy (non-hydrogen) atoms. The zero-order valence-corrected chi connectivity index (χ0v) is 11.5. The second kappa shape index (κ2) is 7.81. The Balaban J connectivity index is 2.40. The van der Waals surface area contributed by atoms with Gasteiger partial charge in [-0.1, -0.05) is 0 Å². The van der Waals surface area contributed by atoms with Crippen molar-refractivity contribution in [3.63, 3.8) is 0 Å². The van der Waals surface area contributed by atoms with E-state index in [0.717, 1.165) is 6.42 Å². The van der Waals surface area contributed by atoms with E-state index in [9.17, 15) is 9.00 Å². The van der Waals surface area contributed by atoms with Crippen molar-refractivity contribution < 1.29 is 13.7 Å². The molecule has 100 valence electrons. The number of hydrogen-bond donors (Lipinski definition) is 1. The minimum atomic E-state index is -0.757. The van der Waals surface area contributed by atoms with E-state index in [-0.39, 0.29) is 5.97 Å². The van der Waals surface area contributed by atoms with Gasteiger partial charge < -0.3 is 10.1 Å². The van der Waals surface area contributed by atoms with Crippen molar-refractivity contribution in [2.45, 2.75) is 13.3 Å². The number of hydrogen-bond acceptors (Lipinski definition) is 5. The molecule has 1 atom stereocenters. The second-order valence-electron chi connectivity index (χ2n) is 3.71. The molecule has 1 N–H and O–H groups in total. The van der Waals surface area contributed by atoms with Gasteiger partial charge in [0.2, 0.25) is 0 Å². The van der Waals surface area contributed by atoms with Crippen LogP contribution >= 0.6 is 0 Å². The van der Waals surface area contributed by atoms with Gasteiger partial charge in [-0.05, 0) is 25.5 Å². The van der Waals surface area contributed by atoms with Gasteiger partial charge in [-0.15, -0.1) is 0 Å². The average Bonchev–Trinajstić information content (AvgIpc) is 2.35. The monoisotopic (exact) mass is 270 g/mol. The third-order valence-electron chi connectivity index (χ3n) is 2.19. The molecule has 0 spiro atoms. The summed E-state index contributed by atoms with van der Waals surface area (Å²) in [6.07, 6.45) is 4.00. The van der Waals surface area contributed by atoms with Gasteiger partial charge in [-0.2, -0.15) is 0 Å². The minimum Gasteiger partial charge on any atom is -0.462 e. The van der Waals surface area contributed by atoms with Gasteiger partial charge in [0.1, 0.15) is 5.82 Å². The smallest absolute Gasteiger partial charge is 0.339 e. The SMILES string of the molecule is CCOC(=O)c1ccc(NCCCS(C)=O)nc1. The second-order valence-corrected chi connectivity index (χ2v) is 5.26. The molecule has 0 aromatic carbocycles. The lowest BCUT2D eigenvalue weighted by atomic mass is 10.3. The van der Waals surface area contributed by atoms with Gasteiger partial charge in [0.05, 0.1) is 12.2 Å². The number of carbonyl (C=O) groups is 1. The average molecular weight is 270 g/mol. The predicted molar refractivity (Wildman–Crippen MR) is 72.2 cm³/mol. The molecule has 0 saturated carbocycles. The zero-order chi connectivity index (χ0) is 13.4. The van der Waals surface area contributed by atoms with Crippen LogP contribution < -0.4 is 5.32 Å². The Labute approximate surface area is 109 Å². The molecule has 6 heteroatoms. The van der Waals surface area contributed by atoms with Gasteiger partial charge in [0.15, 0.2) is 0 Å². The van der Waals surface area contributed by atoms with E-state index in [0.29, 0.717) is 30.3 Å². The lowest BCUT2D eigenvalue weighted by Gasteiger charge is -2.05. The van der Waals surface area contributed by atoms with Crippen molar-refractivity contribution in [2.24, 2.45) is 0 Å². The Morgan fingerprint density at radius 1 is 1.50 bits per heavy atom. The Morgan fingerprint density at radius 2 is 2.28 bits per heavy atom. The largest absolute Gasteiger partial charge is 0.462 e. The number of esters is 1. The fourth-order valence-electron chi connectivity index (χ4n) is 1.33. The van der Waals surface area contributed by atoms with Crippen LogP contribution in [-0.2, 0) is 15.5 Å². The van der Waals surface area contributed by atoms with E-state index in [4.69, 9.17) is 4.74 Å². The van der Waals surface area contributed by atoms with Crippen molar-refractivity contribution in [1.29, 1.82) is 0 Å². The molecule has 1 unspecified atom stereocenters. The van der Waals surface area contributed by atoms with E-state index >= 15 is 0 Å². The number of nitrogens with zero attached hydrogens (tertiary/aromatic N) is 1. The summed E-state index contributed by atoms with van der Waals surface area (Å²) in [5, 5.41) is 3.10. The number of pyridine rings is 1. The highest BCUT2D eigenvalue weighted by Crippen LogP contribution is 2.06. The first-order valence-corrected chi connectivity index (χ1v) is 7.53. The summed E-state index contributed by atoms with van der Waals surface area (Å²) in [4.78, 5) is 15.5. The first-order valence-electron chi connectivity index (χ1n) is 5.80. The molecule has 0 aliphatic carbocycles. The summed E-state index contributed by atoms with van der Waals surface area (Å²) in [6, 6.07) is 3.40. The van der Waals surface area contributed by atoms with Crippen LogP contribution in [0.4, 0.5) is 5.82 Å². The maximum Gasteiger partial charge on any atom is 0.339 e. The number of carbonyl (C=O) groups excluding carboxylic acids is 1. The maximum absolute atomic E-state index is 11.4. The van der Waals surface area contributed by atoms with Gasteiger partial charge in [0, 0.05) is 35.5 Å². The van der Waals surface area contributed by atoms with Crippen LogP contribution in [0.2, 0.25) is 0 Å². The molecular weight excluding hydrogens is 252 g/mol. The molecule has 1 aromatic heterocycles. The Hall–Kier alpha value is -1.43. The number of ether oxygens (including phenoxy) is 1. The predicted octanol–water partition coefficient (Wildman–Crippen LogP) is 1.44. The lowest BCUT2D eigenvalue weighted by molar-refractivity contribution is 0.0526. The zero-order valence-electron chi connectivity index (χ0n) is 10.6. The van der Waals surface area contributed by atoms with Crippen LogP contribution in [0.3, 0.4) is 0 Å². The van der Waals surface area contributed by atoms with Crippen molar-refractivity contribution in [3.05, 3.63) is 23.9 Å². The van der Waals surface area contributed by atoms with Gasteiger partial charge in [-0.3, -0.25) is 4.21 Å². The first kappa shape index (κ1) is 14.6. The highest BCUT2D eigenvalue weighted by molar-refractivity contribution is 7.84. The first-order chi connectivity index (χ1) is 8.63. The van der Waals surface area contributed by atoms with E-state index in [1.165, 1.54) is 6.20 Å². The molecule has 0 bridgehead atoms. The summed E-state index contributed by atoms with van der Waals surface area (Å²) in [6.45, 7) is 2.83. The van der Waals surface area contributed by atoms with Crippen molar-refractivity contribution in [2.75, 3.05) is 30.5 Å². The van der Waals surface area contributed by atoms with E-state index in [2.05, 4.69) is 10.3 Å². The van der Waals surface area contributed by atoms with Crippen LogP contribution in [0.25, 0.3) is 0 Å². The lowest BCUT2D eigenvalue weighted by Crippen LogP contribution is -2.09. The van der Waals surface area contributed by atoms with Crippen LogP contribution in [0.1, 0.15) is 23.7 Å². The molecule has 0 aliphatic rings. The summed E-state index contributed by atoms with van der Waals surface area (Å²) in [5.74, 6) is 1.01. The Kier molecular flexibility index (Phi) is 6.35. The summed E-state index contributed by atoms with van der Waals surface area (Å²) >= 11 is 0. The fourth-order valence-corrected chi connectivity index (χ4v) is 1.88. The number of anilines is 1. The molecule has 0 radical (unpaired) electrons. The van der Waals surface area contributed by atoms with Crippen molar-refractivity contribution in [3.8, 4) is 0 Å². The van der Waals surface area contributed by atoms with Crippen LogP contribution in [0, 0.1) is 0 Å². The summed E-state index contributed by atoms with van der Waals surface area (Å²) in [7, 11) is -0.757. The standard InChI is InChI=1S/C12H18N2O3S/c1-3-17-12(15)10-5-6-11(14-9-10)13-7-4-8-18(2)16/h5-6,9H,3-4,7-8H2,1-2H3,(H,13,14). The Bertz CT molecular complexity index is 406. The number of nitrogens with one attached hydrogen (secondary N) is 1. The van der Waals surface area contributed by atoms with Gasteiger partial charge in [-0.25, -0.2) is 9.78 Å². The van der Waals surface area contributed by atoms with E-state index < -0.39 is 10.8 Å². The molecule has 0 saturated heterocycles. The molecular formula is C12H18N2O3S. The summed E-state index contributed by atoms with van der Waals surface area (Å²) < 4.78 is 15.7. The molecule has 0 aliphatic heterocycles. The highest BCUT2D eigenvalue weighted by Gasteiger charge is 2.06.